The number of hydrogen-bond acceptors (Lipinski definition) is 5. The number of carbonyl (C=O) groups excluding carboxylic acids is 1. The van der Waals surface area contributed by atoms with Gasteiger partial charge in [-0.1, -0.05) is 0 Å². The van der Waals surface area contributed by atoms with Gasteiger partial charge in [0.2, 0.25) is 0 Å². The maximum atomic E-state index is 11.9. The molecule has 7 nitrogen and oxygen atoms in total. The summed E-state index contributed by atoms with van der Waals surface area (Å²) in [6.07, 6.45) is 0. The molecule has 1 heterocycles. The number of piperazine rings is 1. The summed E-state index contributed by atoms with van der Waals surface area (Å²) in [5, 5.41) is 8.95. The molecule has 1 aliphatic heterocycles. The van der Waals surface area contributed by atoms with E-state index in [1.165, 1.54) is 0 Å². The van der Waals surface area contributed by atoms with Crippen molar-refractivity contribution < 1.29 is 14.3 Å². The average Bonchev–Trinajstić information content (AvgIpc) is 2.55. The van der Waals surface area contributed by atoms with Crippen LogP contribution in [-0.4, -0.2) is 64.4 Å². The molecule has 1 aromatic rings. The third kappa shape index (κ3) is 4.78. The van der Waals surface area contributed by atoms with E-state index in [-0.39, 0.29) is 6.03 Å². The molecule has 2 amide bonds. The first kappa shape index (κ1) is 16.4. The maximum absolute atomic E-state index is 11.9. The first-order valence-corrected chi connectivity index (χ1v) is 7.43. The molecular formula is C15H24N4O3. The molecule has 122 valence electrons. The Balaban J connectivity index is 1.76. The molecule has 0 saturated carbocycles. The summed E-state index contributed by atoms with van der Waals surface area (Å²) in [7, 11) is 3.14. The van der Waals surface area contributed by atoms with Crippen LogP contribution < -0.4 is 25.4 Å². The second kappa shape index (κ2) is 8.45. The van der Waals surface area contributed by atoms with Crippen molar-refractivity contribution in [3.63, 3.8) is 0 Å². The van der Waals surface area contributed by atoms with Gasteiger partial charge in [-0.15, -0.1) is 0 Å². The minimum Gasteiger partial charge on any atom is -0.493 e. The Morgan fingerprint density at radius 1 is 1.23 bits per heavy atom. The molecule has 0 atom stereocenters. The van der Waals surface area contributed by atoms with Crippen molar-refractivity contribution in [3.05, 3.63) is 18.2 Å². The molecule has 7 heteroatoms. The highest BCUT2D eigenvalue weighted by Crippen LogP contribution is 2.29. The molecule has 0 aliphatic carbocycles. The lowest BCUT2D eigenvalue weighted by molar-refractivity contribution is 0.233. The molecule has 0 bridgehead atoms. The summed E-state index contributed by atoms with van der Waals surface area (Å²) in [4.78, 5) is 14.2. The first-order valence-electron chi connectivity index (χ1n) is 7.43. The Bertz CT molecular complexity index is 490. The van der Waals surface area contributed by atoms with E-state index in [1.54, 1.807) is 32.4 Å². The Morgan fingerprint density at radius 2 is 1.95 bits per heavy atom. The number of nitrogens with one attached hydrogen (secondary N) is 3. The molecular weight excluding hydrogens is 284 g/mol. The van der Waals surface area contributed by atoms with Gasteiger partial charge in [-0.3, -0.25) is 4.90 Å². The van der Waals surface area contributed by atoms with Gasteiger partial charge in [0.1, 0.15) is 0 Å². The topological polar surface area (TPSA) is 74.9 Å². The van der Waals surface area contributed by atoms with Gasteiger partial charge in [0.25, 0.3) is 0 Å². The summed E-state index contributed by atoms with van der Waals surface area (Å²) in [6, 6.07) is 5.04. The Labute approximate surface area is 131 Å². The van der Waals surface area contributed by atoms with Gasteiger partial charge in [-0.05, 0) is 12.1 Å². The van der Waals surface area contributed by atoms with Crippen molar-refractivity contribution in [2.75, 3.05) is 58.8 Å². The lowest BCUT2D eigenvalue weighted by Gasteiger charge is -2.27. The summed E-state index contributed by atoms with van der Waals surface area (Å²) < 4.78 is 10.4. The predicted molar refractivity (Wildman–Crippen MR) is 85.9 cm³/mol. The molecule has 0 spiro atoms. The number of benzene rings is 1. The minimum absolute atomic E-state index is 0.220. The zero-order valence-electron chi connectivity index (χ0n) is 13.1. The second-order valence-corrected chi connectivity index (χ2v) is 5.04. The maximum Gasteiger partial charge on any atom is 0.319 e. The van der Waals surface area contributed by atoms with Crippen molar-refractivity contribution in [3.8, 4) is 11.5 Å². The van der Waals surface area contributed by atoms with Crippen LogP contribution >= 0.6 is 0 Å². The predicted octanol–water partition coefficient (Wildman–Crippen LogP) is 0.731. The standard InChI is InChI=1S/C15H24N4O3/c1-21-13-4-3-12(11-14(13)22-2)18-15(20)17-7-10-19-8-5-16-6-9-19/h3-4,11,16H,5-10H2,1-2H3,(H2,17,18,20). The van der Waals surface area contributed by atoms with Gasteiger partial charge in [0.15, 0.2) is 11.5 Å². The van der Waals surface area contributed by atoms with Crippen LogP contribution in [0.25, 0.3) is 0 Å². The van der Waals surface area contributed by atoms with Crippen LogP contribution in [0.3, 0.4) is 0 Å². The lowest BCUT2D eigenvalue weighted by Crippen LogP contribution is -2.46. The second-order valence-electron chi connectivity index (χ2n) is 5.04. The summed E-state index contributed by atoms with van der Waals surface area (Å²) in [6.45, 7) is 5.56. The normalized spacial score (nSPS) is 15.2. The molecule has 1 aliphatic rings. The van der Waals surface area contributed by atoms with Crippen molar-refractivity contribution >= 4 is 11.7 Å². The van der Waals surface area contributed by atoms with Crippen LogP contribution in [0.4, 0.5) is 10.5 Å². The van der Waals surface area contributed by atoms with Gasteiger partial charge in [-0.25, -0.2) is 4.79 Å². The van der Waals surface area contributed by atoms with Gasteiger partial charge < -0.3 is 25.4 Å². The molecule has 1 aromatic carbocycles. The number of nitrogens with zero attached hydrogens (tertiary/aromatic N) is 1. The van der Waals surface area contributed by atoms with E-state index in [2.05, 4.69) is 20.9 Å². The zero-order valence-corrected chi connectivity index (χ0v) is 13.1. The summed E-state index contributed by atoms with van der Waals surface area (Å²) >= 11 is 0. The van der Waals surface area contributed by atoms with E-state index in [0.29, 0.717) is 23.7 Å². The first-order chi connectivity index (χ1) is 10.7. The minimum atomic E-state index is -0.220. The molecule has 1 saturated heterocycles. The van der Waals surface area contributed by atoms with E-state index in [1.807, 2.05) is 0 Å². The highest BCUT2D eigenvalue weighted by molar-refractivity contribution is 5.89. The van der Waals surface area contributed by atoms with Crippen molar-refractivity contribution in [2.24, 2.45) is 0 Å². The number of amides is 2. The fourth-order valence-electron chi connectivity index (χ4n) is 2.35. The van der Waals surface area contributed by atoms with Crippen LogP contribution in [0.5, 0.6) is 11.5 Å². The fourth-order valence-corrected chi connectivity index (χ4v) is 2.35. The molecule has 1 fully saturated rings. The van der Waals surface area contributed by atoms with Gasteiger partial charge >= 0.3 is 6.03 Å². The molecule has 3 N–H and O–H groups in total. The molecule has 2 rings (SSSR count). The van der Waals surface area contributed by atoms with Crippen LogP contribution in [0.2, 0.25) is 0 Å². The van der Waals surface area contributed by atoms with Crippen LogP contribution in [0.15, 0.2) is 18.2 Å². The molecule has 0 unspecified atom stereocenters. The van der Waals surface area contributed by atoms with Gasteiger partial charge in [0, 0.05) is 51.0 Å². The van der Waals surface area contributed by atoms with E-state index < -0.39 is 0 Å². The third-order valence-corrected chi connectivity index (χ3v) is 3.56. The molecule has 0 aromatic heterocycles. The average molecular weight is 308 g/mol. The Hall–Kier alpha value is -1.99. The van der Waals surface area contributed by atoms with Gasteiger partial charge in [0.05, 0.1) is 14.2 Å². The number of anilines is 1. The smallest absolute Gasteiger partial charge is 0.319 e. The third-order valence-electron chi connectivity index (χ3n) is 3.56. The van der Waals surface area contributed by atoms with E-state index in [4.69, 9.17) is 9.47 Å². The van der Waals surface area contributed by atoms with Crippen molar-refractivity contribution in [1.82, 2.24) is 15.5 Å². The van der Waals surface area contributed by atoms with E-state index in [0.717, 1.165) is 32.7 Å². The van der Waals surface area contributed by atoms with E-state index in [9.17, 15) is 4.79 Å². The highest BCUT2D eigenvalue weighted by Gasteiger charge is 2.10. The lowest BCUT2D eigenvalue weighted by atomic mass is 10.3. The Morgan fingerprint density at radius 3 is 2.64 bits per heavy atom. The van der Waals surface area contributed by atoms with Gasteiger partial charge in [-0.2, -0.15) is 0 Å². The van der Waals surface area contributed by atoms with Crippen LogP contribution in [-0.2, 0) is 0 Å². The SMILES string of the molecule is COc1ccc(NC(=O)NCCN2CCNCC2)cc1OC. The van der Waals surface area contributed by atoms with Crippen molar-refractivity contribution in [1.29, 1.82) is 0 Å². The molecule has 22 heavy (non-hydrogen) atoms. The zero-order chi connectivity index (χ0) is 15.8. The quantitative estimate of drug-likeness (QED) is 0.722. The highest BCUT2D eigenvalue weighted by atomic mass is 16.5. The number of carbonyl (C=O) groups is 1. The van der Waals surface area contributed by atoms with Crippen LogP contribution in [0.1, 0.15) is 0 Å². The monoisotopic (exact) mass is 308 g/mol. The number of ether oxygens (including phenoxy) is 2. The Kier molecular flexibility index (Phi) is 6.29. The number of urea groups is 1. The number of methoxy groups -OCH3 is 2. The number of hydrogen-bond donors (Lipinski definition) is 3. The summed E-state index contributed by atoms with van der Waals surface area (Å²) in [5.41, 5.74) is 0.664. The van der Waals surface area contributed by atoms with E-state index >= 15 is 0 Å². The largest absolute Gasteiger partial charge is 0.493 e. The fraction of sp³-hybridized carbons (Fsp3) is 0.533. The molecule has 0 radical (unpaired) electrons. The van der Waals surface area contributed by atoms with Crippen LogP contribution in [0, 0.1) is 0 Å². The summed E-state index contributed by atoms with van der Waals surface area (Å²) in [5.74, 6) is 1.22. The number of rotatable bonds is 6. The van der Waals surface area contributed by atoms with Crippen molar-refractivity contribution in [2.45, 2.75) is 0 Å².